The largest absolute Gasteiger partial charge is 0.369 e. The number of amides is 1. The zero-order chi connectivity index (χ0) is 30.9. The van der Waals surface area contributed by atoms with Gasteiger partial charge in [-0.25, -0.2) is 4.39 Å². The predicted octanol–water partition coefficient (Wildman–Crippen LogP) is 7.72. The molecule has 1 aliphatic rings. The normalized spacial score (nSPS) is 16.5. The van der Waals surface area contributed by atoms with Gasteiger partial charge in [0.2, 0.25) is 5.91 Å². The number of piperazine rings is 1. The van der Waals surface area contributed by atoms with E-state index in [2.05, 4.69) is 80.7 Å². The number of hydrogen-bond acceptors (Lipinski definition) is 5. The van der Waals surface area contributed by atoms with Crippen molar-refractivity contribution in [3.05, 3.63) is 83.1 Å². The van der Waals surface area contributed by atoms with Crippen molar-refractivity contribution in [3.8, 4) is 0 Å². The first kappa shape index (κ1) is 37.5. The zero-order valence-corrected chi connectivity index (χ0v) is 27.7. The first-order chi connectivity index (χ1) is 18.9. The van der Waals surface area contributed by atoms with E-state index in [-0.39, 0.29) is 17.9 Å². The van der Waals surface area contributed by atoms with Crippen LogP contribution in [0.5, 0.6) is 0 Å². The summed E-state index contributed by atoms with van der Waals surface area (Å²) in [5.41, 5.74) is 5.28. The first-order valence-electron chi connectivity index (χ1n) is 14.4. The summed E-state index contributed by atoms with van der Waals surface area (Å²) in [6.07, 6.45) is 12.2. The Balaban J connectivity index is 0.00000742. The number of hydrogen-bond donors (Lipinski definition) is 2. The molecule has 0 bridgehead atoms. The minimum Gasteiger partial charge on any atom is -0.369 e. The molecule has 0 unspecified atom stereocenters. The van der Waals surface area contributed by atoms with Gasteiger partial charge in [0, 0.05) is 50.8 Å². The highest BCUT2D eigenvalue weighted by atomic mass is 32.2. The van der Waals surface area contributed by atoms with Gasteiger partial charge < -0.3 is 19.8 Å². The smallest absolute Gasteiger partial charge is 0.244 e. The van der Waals surface area contributed by atoms with E-state index in [0.717, 1.165) is 49.4 Å². The number of nitrogens with one attached hydrogen (secondary N) is 2. The third-order valence-corrected chi connectivity index (χ3v) is 7.01. The Morgan fingerprint density at radius 3 is 2.12 bits per heavy atom. The molecule has 7 heteroatoms. The van der Waals surface area contributed by atoms with Gasteiger partial charge in [0.05, 0.1) is 5.70 Å². The van der Waals surface area contributed by atoms with E-state index in [1.54, 1.807) is 12.2 Å². The Labute approximate surface area is 249 Å². The highest BCUT2D eigenvalue weighted by molar-refractivity contribution is 7.96. The topological polar surface area (TPSA) is 47.6 Å². The van der Waals surface area contributed by atoms with E-state index in [1.807, 2.05) is 33.1 Å². The number of carbonyl (C=O) groups is 1. The highest BCUT2D eigenvalue weighted by Crippen LogP contribution is 2.30. The average Bonchev–Trinajstić information content (AvgIpc) is 2.92. The van der Waals surface area contributed by atoms with Crippen molar-refractivity contribution in [2.24, 2.45) is 5.41 Å². The number of likely N-dealkylation sites (N-methyl/N-ethyl adjacent to an activating group) is 1. The molecule has 0 aliphatic carbocycles. The van der Waals surface area contributed by atoms with E-state index in [9.17, 15) is 9.18 Å². The second-order valence-electron chi connectivity index (χ2n) is 10.6. The van der Waals surface area contributed by atoms with E-state index in [4.69, 9.17) is 0 Å². The van der Waals surface area contributed by atoms with Crippen LogP contribution in [-0.2, 0) is 4.79 Å². The van der Waals surface area contributed by atoms with E-state index < -0.39 is 5.83 Å². The third kappa shape index (κ3) is 13.2. The van der Waals surface area contributed by atoms with Crippen LogP contribution in [0.2, 0.25) is 0 Å². The maximum Gasteiger partial charge on any atom is 0.244 e. The molecular weight excluding hydrogens is 519 g/mol. The summed E-state index contributed by atoms with van der Waals surface area (Å²) >= 11 is 1.31. The van der Waals surface area contributed by atoms with Crippen LogP contribution in [0.4, 0.5) is 4.39 Å². The Bertz CT molecular complexity index is 990. The summed E-state index contributed by atoms with van der Waals surface area (Å²) in [7, 11) is 2.15. The van der Waals surface area contributed by atoms with Gasteiger partial charge >= 0.3 is 0 Å². The van der Waals surface area contributed by atoms with Gasteiger partial charge in [0.25, 0.3) is 0 Å². The van der Waals surface area contributed by atoms with E-state index >= 15 is 0 Å². The van der Waals surface area contributed by atoms with Crippen LogP contribution >= 0.6 is 11.9 Å². The van der Waals surface area contributed by atoms with Crippen LogP contribution in [-0.4, -0.2) is 61.7 Å². The minimum absolute atomic E-state index is 0.0705. The molecule has 1 fully saturated rings. The molecule has 1 amide bonds. The molecule has 1 saturated heterocycles. The van der Waals surface area contributed by atoms with Crippen molar-refractivity contribution < 1.29 is 9.18 Å². The van der Waals surface area contributed by atoms with Gasteiger partial charge in [-0.2, -0.15) is 0 Å². The van der Waals surface area contributed by atoms with Gasteiger partial charge in [-0.1, -0.05) is 91.3 Å². The summed E-state index contributed by atoms with van der Waals surface area (Å²) < 4.78 is 17.9. The lowest BCUT2D eigenvalue weighted by Crippen LogP contribution is -2.43. The Morgan fingerprint density at radius 2 is 1.65 bits per heavy atom. The fraction of sp³-hybridized carbons (Fsp3) is 0.545. The van der Waals surface area contributed by atoms with Crippen LogP contribution in [0, 0.1) is 5.41 Å². The Hall–Kier alpha value is -2.51. The Morgan fingerprint density at radius 1 is 1.05 bits per heavy atom. The van der Waals surface area contributed by atoms with Gasteiger partial charge in [-0.3, -0.25) is 4.79 Å². The fourth-order valence-electron chi connectivity index (χ4n) is 4.16. The standard InChI is InChI=1S/C31H49FN4OS.C2H6/c1-11-25(12-2)30(34-38-10)27(32)20-23(4)22-33-29(37)15-14-24(5)28(21-26(13-3)31(6,7)8)36-18-16-35(9)17-19-36;1-2/h11,14-15,20-21,34H,1,4,12-13,16-19,22H2,2-3,5-10H3,(H,33,37);1-2H3/b15-14+,26-21+,27-20+,28-24-,30-25+;. The molecule has 1 aliphatic heterocycles. The fourth-order valence-corrected chi connectivity index (χ4v) is 4.59. The number of allylic oxidation sites excluding steroid dienone is 7. The van der Waals surface area contributed by atoms with Gasteiger partial charge in [-0.05, 0) is 61.1 Å². The van der Waals surface area contributed by atoms with Crippen LogP contribution < -0.4 is 10.0 Å². The number of halogens is 1. The molecule has 1 rings (SSSR count). The van der Waals surface area contributed by atoms with Crippen molar-refractivity contribution in [2.45, 2.75) is 68.2 Å². The maximum absolute atomic E-state index is 14.9. The van der Waals surface area contributed by atoms with Gasteiger partial charge in [0.1, 0.15) is 5.83 Å². The predicted molar refractivity (Wildman–Crippen MR) is 176 cm³/mol. The minimum atomic E-state index is -0.432. The SMILES string of the molecule is C=C/C(CC)=C(NSC)/C(F)=C\C(=C)CNC(=O)/C=C/C(C)=C(/C=C(\CC)C(C)(C)C)N1CCN(C)CC1.CC. The summed E-state index contributed by atoms with van der Waals surface area (Å²) in [5.74, 6) is -0.676. The maximum atomic E-state index is 14.9. The molecule has 0 atom stereocenters. The van der Waals surface area contributed by atoms with Crippen molar-refractivity contribution in [1.82, 2.24) is 19.8 Å². The summed E-state index contributed by atoms with van der Waals surface area (Å²) in [6, 6.07) is 0. The molecule has 0 spiro atoms. The molecule has 5 nitrogen and oxygen atoms in total. The number of nitrogens with zero attached hydrogens (tertiary/aromatic N) is 2. The van der Waals surface area contributed by atoms with Crippen molar-refractivity contribution in [3.63, 3.8) is 0 Å². The molecular formula is C33H55FN4OS. The van der Waals surface area contributed by atoms with Crippen molar-refractivity contribution >= 4 is 17.9 Å². The summed E-state index contributed by atoms with van der Waals surface area (Å²) in [4.78, 5) is 17.4. The molecule has 0 aromatic carbocycles. The molecule has 0 radical (unpaired) electrons. The molecule has 2 N–H and O–H groups in total. The number of rotatable bonds is 13. The van der Waals surface area contributed by atoms with E-state index in [1.165, 1.54) is 23.6 Å². The third-order valence-electron chi connectivity index (χ3n) is 6.60. The summed E-state index contributed by atoms with van der Waals surface area (Å²) in [6.45, 7) is 28.7. The molecule has 40 heavy (non-hydrogen) atoms. The van der Waals surface area contributed by atoms with E-state index in [0.29, 0.717) is 17.7 Å². The lowest BCUT2D eigenvalue weighted by atomic mass is 9.84. The lowest BCUT2D eigenvalue weighted by Gasteiger charge is -2.36. The second kappa shape index (κ2) is 19.5. The number of carbonyl (C=O) groups excluding carboxylic acids is 1. The first-order valence-corrected chi connectivity index (χ1v) is 15.6. The molecule has 1 heterocycles. The van der Waals surface area contributed by atoms with Gasteiger partial charge in [0.15, 0.2) is 0 Å². The zero-order valence-electron chi connectivity index (χ0n) is 26.8. The monoisotopic (exact) mass is 574 g/mol. The van der Waals surface area contributed by atoms with Crippen LogP contribution in [0.1, 0.15) is 68.2 Å². The van der Waals surface area contributed by atoms with Crippen LogP contribution in [0.3, 0.4) is 0 Å². The average molecular weight is 575 g/mol. The Kier molecular flexibility index (Phi) is 18.3. The van der Waals surface area contributed by atoms with Crippen molar-refractivity contribution in [1.29, 1.82) is 0 Å². The molecule has 0 saturated carbocycles. The lowest BCUT2D eigenvalue weighted by molar-refractivity contribution is -0.116. The summed E-state index contributed by atoms with van der Waals surface area (Å²) in [5, 5.41) is 2.82. The van der Waals surface area contributed by atoms with Crippen molar-refractivity contribution in [2.75, 3.05) is 46.0 Å². The molecule has 226 valence electrons. The molecule has 0 aromatic rings. The quantitative estimate of drug-likeness (QED) is 0.134. The van der Waals surface area contributed by atoms with Gasteiger partial charge in [-0.15, -0.1) is 0 Å². The van der Waals surface area contributed by atoms with Crippen LogP contribution in [0.15, 0.2) is 83.1 Å². The van der Waals surface area contributed by atoms with Crippen LogP contribution in [0.25, 0.3) is 0 Å². The highest BCUT2D eigenvalue weighted by Gasteiger charge is 2.20. The molecule has 0 aromatic heterocycles. The second-order valence-corrected chi connectivity index (χ2v) is 11.2.